The van der Waals surface area contributed by atoms with Crippen LogP contribution in [0.1, 0.15) is 16.8 Å². The Labute approximate surface area is 150 Å². The number of halogens is 2. The highest BCUT2D eigenvalue weighted by Gasteiger charge is 2.34. The first-order valence-corrected chi connectivity index (χ1v) is 8.16. The summed E-state index contributed by atoms with van der Waals surface area (Å²) in [7, 11) is 0. The fourth-order valence-electron chi connectivity index (χ4n) is 2.90. The lowest BCUT2D eigenvalue weighted by Crippen LogP contribution is -2.30. The van der Waals surface area contributed by atoms with Crippen molar-refractivity contribution in [2.75, 3.05) is 0 Å². The molecule has 0 amide bonds. The first-order chi connectivity index (χ1) is 12.1. The number of benzene rings is 2. The summed E-state index contributed by atoms with van der Waals surface area (Å²) in [5, 5.41) is 10.7. The van der Waals surface area contributed by atoms with Gasteiger partial charge in [-0.25, -0.2) is 4.39 Å². The van der Waals surface area contributed by atoms with Gasteiger partial charge in [-0.1, -0.05) is 35.9 Å². The molecule has 0 bridgehead atoms. The molecule has 0 saturated heterocycles. The van der Waals surface area contributed by atoms with Crippen LogP contribution in [0.3, 0.4) is 0 Å². The van der Waals surface area contributed by atoms with Crippen LogP contribution in [-0.2, 0) is 18.3 Å². The molecule has 3 aromatic rings. The van der Waals surface area contributed by atoms with Gasteiger partial charge in [0.1, 0.15) is 5.82 Å². The number of hydrogen-bond donors (Lipinski definition) is 0. The third kappa shape index (κ3) is 4.01. The number of nitriles is 1. The van der Waals surface area contributed by atoms with Crippen LogP contribution in [0.15, 0.2) is 67.1 Å². The lowest BCUT2D eigenvalue weighted by atomic mass is 9.73. The predicted octanol–water partition coefficient (Wildman–Crippen LogP) is 4.52. The van der Waals surface area contributed by atoms with Crippen LogP contribution < -0.4 is 0 Å². The van der Waals surface area contributed by atoms with Crippen LogP contribution >= 0.6 is 11.6 Å². The Morgan fingerprint density at radius 2 is 1.88 bits per heavy atom. The highest BCUT2D eigenvalue weighted by molar-refractivity contribution is 6.30. The molecule has 3 rings (SSSR count). The summed E-state index contributed by atoms with van der Waals surface area (Å²) in [6, 6.07) is 15.9. The van der Waals surface area contributed by atoms with E-state index in [4.69, 9.17) is 11.6 Å². The molecular formula is C20H15ClFN3. The van der Waals surface area contributed by atoms with Crippen molar-refractivity contribution in [3.05, 3.63) is 94.8 Å². The molecule has 3 nitrogen and oxygen atoms in total. The molecule has 124 valence electrons. The molecule has 1 heterocycles. The van der Waals surface area contributed by atoms with Gasteiger partial charge in [-0.15, -0.1) is 0 Å². The van der Waals surface area contributed by atoms with Gasteiger partial charge < -0.3 is 0 Å². The molecule has 1 atom stereocenters. The lowest BCUT2D eigenvalue weighted by Gasteiger charge is -2.27. The molecule has 1 aromatic heterocycles. The molecule has 25 heavy (non-hydrogen) atoms. The Kier molecular flexibility index (Phi) is 5.06. The lowest BCUT2D eigenvalue weighted by molar-refractivity contribution is 0.530. The molecule has 5 heteroatoms. The van der Waals surface area contributed by atoms with Gasteiger partial charge in [-0.2, -0.15) is 5.26 Å². The van der Waals surface area contributed by atoms with E-state index in [1.165, 1.54) is 12.1 Å². The van der Waals surface area contributed by atoms with E-state index in [-0.39, 0.29) is 5.82 Å². The van der Waals surface area contributed by atoms with Crippen molar-refractivity contribution in [1.82, 2.24) is 9.97 Å². The van der Waals surface area contributed by atoms with Crippen molar-refractivity contribution in [1.29, 1.82) is 5.26 Å². The minimum Gasteiger partial charge on any atom is -0.261 e. The number of rotatable bonds is 5. The maximum atomic E-state index is 13.4. The van der Waals surface area contributed by atoms with E-state index in [1.807, 2.05) is 18.2 Å². The standard InChI is InChI=1S/C20H15ClFN3/c21-17-3-1-2-15(10-17)11-20(14-23,12-19-13-24-8-9-25-19)16-4-6-18(22)7-5-16/h1-10,13H,11-12H2. The second kappa shape index (κ2) is 7.42. The summed E-state index contributed by atoms with van der Waals surface area (Å²) in [5.74, 6) is -0.335. The molecular weight excluding hydrogens is 337 g/mol. The Hall–Kier alpha value is -2.77. The topological polar surface area (TPSA) is 49.6 Å². The third-order valence-electron chi connectivity index (χ3n) is 4.11. The molecule has 0 aliphatic carbocycles. The van der Waals surface area contributed by atoms with E-state index in [0.717, 1.165) is 11.1 Å². The minimum absolute atomic E-state index is 0.335. The van der Waals surface area contributed by atoms with Crippen molar-refractivity contribution in [2.24, 2.45) is 0 Å². The Balaban J connectivity index is 2.05. The molecule has 0 saturated carbocycles. The van der Waals surface area contributed by atoms with Crippen molar-refractivity contribution >= 4 is 11.6 Å². The van der Waals surface area contributed by atoms with Gasteiger partial charge in [-0.3, -0.25) is 9.97 Å². The smallest absolute Gasteiger partial charge is 0.123 e. The zero-order chi connectivity index (χ0) is 17.7. The fourth-order valence-corrected chi connectivity index (χ4v) is 3.12. The highest BCUT2D eigenvalue weighted by Crippen LogP contribution is 2.32. The highest BCUT2D eigenvalue weighted by atomic mass is 35.5. The molecule has 1 unspecified atom stereocenters. The maximum Gasteiger partial charge on any atom is 0.123 e. The van der Waals surface area contributed by atoms with Crippen LogP contribution in [0, 0.1) is 17.1 Å². The Morgan fingerprint density at radius 3 is 2.52 bits per heavy atom. The summed E-state index contributed by atoms with van der Waals surface area (Å²) in [4.78, 5) is 8.38. The quantitative estimate of drug-likeness (QED) is 0.679. The van der Waals surface area contributed by atoms with Crippen LogP contribution in [-0.4, -0.2) is 9.97 Å². The van der Waals surface area contributed by atoms with Crippen LogP contribution in [0.5, 0.6) is 0 Å². The summed E-state index contributed by atoms with van der Waals surface area (Å²) in [6.45, 7) is 0. The normalized spacial score (nSPS) is 13.0. The maximum absolute atomic E-state index is 13.4. The third-order valence-corrected chi connectivity index (χ3v) is 4.34. The summed E-state index contributed by atoms with van der Waals surface area (Å²) in [6.07, 6.45) is 5.64. The van der Waals surface area contributed by atoms with E-state index in [2.05, 4.69) is 16.0 Å². The van der Waals surface area contributed by atoms with Crippen LogP contribution in [0.25, 0.3) is 0 Å². The molecule has 2 aromatic carbocycles. The second-order valence-electron chi connectivity index (χ2n) is 5.88. The number of nitrogens with zero attached hydrogens (tertiary/aromatic N) is 3. The van der Waals surface area contributed by atoms with E-state index >= 15 is 0 Å². The predicted molar refractivity (Wildman–Crippen MR) is 94.6 cm³/mol. The Morgan fingerprint density at radius 1 is 1.08 bits per heavy atom. The Bertz CT molecular complexity index is 891. The molecule has 0 radical (unpaired) electrons. The van der Waals surface area contributed by atoms with E-state index < -0.39 is 5.41 Å². The summed E-state index contributed by atoms with van der Waals surface area (Å²) >= 11 is 6.09. The zero-order valence-electron chi connectivity index (χ0n) is 13.4. The van der Waals surface area contributed by atoms with Crippen LogP contribution in [0.4, 0.5) is 4.39 Å². The molecule has 0 spiro atoms. The first kappa shape index (κ1) is 17.1. The van der Waals surface area contributed by atoms with Crippen LogP contribution in [0.2, 0.25) is 5.02 Å². The summed E-state index contributed by atoms with van der Waals surface area (Å²) < 4.78 is 13.4. The van der Waals surface area contributed by atoms with Gasteiger partial charge in [-0.05, 0) is 41.8 Å². The van der Waals surface area contributed by atoms with Crippen molar-refractivity contribution < 1.29 is 4.39 Å². The minimum atomic E-state index is -0.894. The number of hydrogen-bond acceptors (Lipinski definition) is 3. The molecule has 0 aliphatic heterocycles. The largest absolute Gasteiger partial charge is 0.261 e. The average molecular weight is 352 g/mol. The van der Waals surface area contributed by atoms with Gasteiger partial charge >= 0.3 is 0 Å². The SMILES string of the molecule is N#CC(Cc1cccc(Cl)c1)(Cc1cnccn1)c1ccc(F)cc1. The number of aromatic nitrogens is 2. The van der Waals surface area contributed by atoms with Gasteiger partial charge in [0.15, 0.2) is 0 Å². The van der Waals surface area contributed by atoms with Gasteiger partial charge in [0.2, 0.25) is 0 Å². The van der Waals surface area contributed by atoms with Gasteiger partial charge in [0.25, 0.3) is 0 Å². The van der Waals surface area contributed by atoms with Crippen molar-refractivity contribution in [2.45, 2.75) is 18.3 Å². The second-order valence-corrected chi connectivity index (χ2v) is 6.32. The van der Waals surface area contributed by atoms with Crippen molar-refractivity contribution in [3.8, 4) is 6.07 Å². The summed E-state index contributed by atoms with van der Waals surface area (Å²) in [5.41, 5.74) is 1.48. The van der Waals surface area contributed by atoms with Gasteiger partial charge in [0.05, 0.1) is 17.2 Å². The van der Waals surface area contributed by atoms with Gasteiger partial charge in [0, 0.05) is 30.0 Å². The molecule has 0 N–H and O–H groups in total. The van der Waals surface area contributed by atoms with Crippen molar-refractivity contribution in [3.63, 3.8) is 0 Å². The average Bonchev–Trinajstić information content (AvgIpc) is 2.62. The van der Waals surface area contributed by atoms with E-state index in [0.29, 0.717) is 23.6 Å². The fraction of sp³-hybridized carbons (Fsp3) is 0.150. The monoisotopic (exact) mass is 351 g/mol. The zero-order valence-corrected chi connectivity index (χ0v) is 14.1. The molecule has 0 aliphatic rings. The molecule has 0 fully saturated rings. The van der Waals surface area contributed by atoms with E-state index in [9.17, 15) is 9.65 Å². The first-order valence-electron chi connectivity index (χ1n) is 7.78. The van der Waals surface area contributed by atoms with E-state index in [1.54, 1.807) is 36.8 Å².